The van der Waals surface area contributed by atoms with E-state index in [2.05, 4.69) is 6.58 Å². The largest absolute Gasteiger partial charge is 0.460 e. The summed E-state index contributed by atoms with van der Waals surface area (Å²) in [6, 6.07) is 0. The topological polar surface area (TPSA) is 77.7 Å². The highest BCUT2D eigenvalue weighted by molar-refractivity contribution is 5.66. The van der Waals surface area contributed by atoms with Crippen LogP contribution >= 0.6 is 0 Å². The van der Waals surface area contributed by atoms with Crippen molar-refractivity contribution in [2.45, 2.75) is 57.4 Å². The summed E-state index contributed by atoms with van der Waals surface area (Å²) in [7, 11) is 0. The van der Waals surface area contributed by atoms with Gasteiger partial charge in [-0.2, -0.15) is 0 Å². The van der Waals surface area contributed by atoms with Gasteiger partial charge in [0, 0.05) is 13.8 Å². The highest BCUT2D eigenvalue weighted by Crippen LogP contribution is 2.32. The lowest BCUT2D eigenvalue weighted by Gasteiger charge is -2.08. The highest BCUT2D eigenvalue weighted by atomic mass is 16.6. The summed E-state index contributed by atoms with van der Waals surface area (Å²) in [6.45, 7) is 8.14. The van der Waals surface area contributed by atoms with E-state index in [-0.39, 0.29) is 42.5 Å². The average molecular weight is 296 g/mol. The smallest absolute Gasteiger partial charge is 0.303 e. The summed E-state index contributed by atoms with van der Waals surface area (Å²) in [5.74, 6) is -0.680. The first kappa shape index (κ1) is 15.7. The van der Waals surface area contributed by atoms with Crippen LogP contribution in [0.3, 0.4) is 0 Å². The maximum atomic E-state index is 10.9. The molecule has 2 heterocycles. The van der Waals surface area contributed by atoms with Crippen molar-refractivity contribution in [2.24, 2.45) is 0 Å². The van der Waals surface area contributed by atoms with Crippen LogP contribution in [0, 0.1) is 0 Å². The third-order valence-electron chi connectivity index (χ3n) is 3.29. The molecule has 2 aliphatic rings. The molecule has 21 heavy (non-hydrogen) atoms. The van der Waals surface area contributed by atoms with Crippen molar-refractivity contribution in [3.05, 3.63) is 24.8 Å². The third kappa shape index (κ3) is 4.41. The predicted octanol–water partition coefficient (Wildman–Crippen LogP) is 1.15. The van der Waals surface area contributed by atoms with E-state index in [1.165, 1.54) is 13.8 Å². The van der Waals surface area contributed by atoms with E-state index in [1.54, 1.807) is 13.0 Å². The fourth-order valence-electron chi connectivity index (χ4n) is 2.21. The fraction of sp³-hybridized carbons (Fsp3) is 0.600. The van der Waals surface area contributed by atoms with Gasteiger partial charge in [0.15, 0.2) is 0 Å². The molecule has 0 aromatic carbocycles. The summed E-state index contributed by atoms with van der Waals surface area (Å²) >= 11 is 0. The molecule has 116 valence electrons. The highest BCUT2D eigenvalue weighted by Gasteiger charge is 2.46. The molecule has 2 fully saturated rings. The summed E-state index contributed by atoms with van der Waals surface area (Å²) in [4.78, 5) is 21.8. The Bertz CT molecular complexity index is 457. The molecular weight excluding hydrogens is 276 g/mol. The summed E-state index contributed by atoms with van der Waals surface area (Å²) in [6.07, 6.45) is 4.12. The lowest BCUT2D eigenvalue weighted by atomic mass is 10.1. The number of rotatable bonds is 7. The first-order chi connectivity index (χ1) is 9.92. The third-order valence-corrected chi connectivity index (χ3v) is 3.29. The molecule has 0 saturated carbocycles. The molecule has 2 aliphatic heterocycles. The van der Waals surface area contributed by atoms with Crippen LogP contribution in [0.1, 0.15) is 20.8 Å². The molecule has 0 unspecified atom stereocenters. The Morgan fingerprint density at radius 2 is 1.57 bits per heavy atom. The number of carbonyl (C=O) groups excluding carboxylic acids is 2. The van der Waals surface area contributed by atoms with Gasteiger partial charge >= 0.3 is 11.9 Å². The van der Waals surface area contributed by atoms with Crippen LogP contribution < -0.4 is 0 Å². The minimum atomic E-state index is -0.437. The quantitative estimate of drug-likeness (QED) is 0.398. The van der Waals surface area contributed by atoms with E-state index in [0.29, 0.717) is 0 Å². The van der Waals surface area contributed by atoms with E-state index >= 15 is 0 Å². The van der Waals surface area contributed by atoms with Gasteiger partial charge in [-0.15, -0.1) is 0 Å². The molecule has 0 amide bonds. The van der Waals surface area contributed by atoms with Crippen molar-refractivity contribution >= 4 is 11.9 Å². The molecule has 0 N–H and O–H groups in total. The molecule has 6 heteroatoms. The number of carbonyl (C=O) groups is 2. The van der Waals surface area contributed by atoms with Crippen molar-refractivity contribution in [3.8, 4) is 0 Å². The van der Waals surface area contributed by atoms with Crippen LogP contribution in [0.2, 0.25) is 0 Å². The molecule has 0 aliphatic carbocycles. The Balaban J connectivity index is 1.74. The lowest BCUT2D eigenvalue weighted by Crippen LogP contribution is -2.21. The van der Waals surface area contributed by atoms with Crippen LogP contribution in [0.5, 0.6) is 0 Å². The normalized spacial score (nSPS) is 33.1. The maximum Gasteiger partial charge on any atom is 0.303 e. The Morgan fingerprint density at radius 3 is 2.10 bits per heavy atom. The molecular formula is C15H20O6. The molecule has 0 aromatic heterocycles. The number of hydrogen-bond acceptors (Lipinski definition) is 6. The minimum Gasteiger partial charge on any atom is -0.460 e. The number of hydrogen-bond donors (Lipinski definition) is 0. The van der Waals surface area contributed by atoms with E-state index in [4.69, 9.17) is 18.9 Å². The zero-order chi connectivity index (χ0) is 15.6. The molecule has 0 radical (unpaired) electrons. The van der Waals surface area contributed by atoms with Crippen molar-refractivity contribution in [1.82, 2.24) is 0 Å². The Hall–Kier alpha value is -1.66. The van der Waals surface area contributed by atoms with Gasteiger partial charge in [0.05, 0.1) is 0 Å². The summed E-state index contributed by atoms with van der Waals surface area (Å²) in [5.41, 5.74) is 0. The fourth-order valence-corrected chi connectivity index (χ4v) is 2.21. The molecule has 0 bridgehead atoms. The van der Waals surface area contributed by atoms with Crippen LogP contribution in [0.25, 0.3) is 0 Å². The van der Waals surface area contributed by atoms with Crippen LogP contribution in [-0.2, 0) is 28.5 Å². The Kier molecular flexibility index (Phi) is 4.80. The summed E-state index contributed by atoms with van der Waals surface area (Å²) < 4.78 is 21.0. The zero-order valence-corrected chi connectivity index (χ0v) is 12.4. The van der Waals surface area contributed by atoms with E-state index < -0.39 is 6.10 Å². The van der Waals surface area contributed by atoms with Crippen LogP contribution in [-0.4, -0.2) is 48.6 Å². The minimum absolute atomic E-state index is 0.0693. The average Bonchev–Trinajstić information content (AvgIpc) is 3.26. The molecule has 6 nitrogen and oxygen atoms in total. The first-order valence-corrected chi connectivity index (χ1v) is 6.88. The van der Waals surface area contributed by atoms with Crippen LogP contribution in [0.15, 0.2) is 24.8 Å². The van der Waals surface area contributed by atoms with E-state index in [1.807, 2.05) is 12.2 Å². The second-order valence-corrected chi connectivity index (χ2v) is 5.14. The monoisotopic (exact) mass is 296 g/mol. The first-order valence-electron chi connectivity index (χ1n) is 6.88. The van der Waals surface area contributed by atoms with Crippen molar-refractivity contribution in [3.63, 3.8) is 0 Å². The van der Waals surface area contributed by atoms with Gasteiger partial charge in [0.2, 0.25) is 0 Å². The number of epoxide rings is 2. The zero-order valence-electron chi connectivity index (χ0n) is 12.4. The maximum absolute atomic E-state index is 10.9. The molecule has 2 saturated heterocycles. The SMILES string of the molecule is C=C[C@H](OC(C)=O)[C@H]1O[C@@H]1/C=C/[C@H]1O[C@@H]1[C@H](C)OC(C)=O. The number of esters is 2. The van der Waals surface area contributed by atoms with Gasteiger partial charge in [-0.05, 0) is 13.0 Å². The second-order valence-electron chi connectivity index (χ2n) is 5.14. The van der Waals surface area contributed by atoms with E-state index in [0.717, 1.165) is 0 Å². The molecule has 2 rings (SSSR count). The standard InChI is InChI=1S/C15H20O6/c1-5-11(19-10(4)17)15-13(21-15)7-6-12-14(20-12)8(2)18-9(3)16/h5-8,11-15H,1H2,2-4H3/b7-6+/t8-,11-,12+,13+,14+,15+/m0/s1. The van der Waals surface area contributed by atoms with Gasteiger partial charge in [-0.1, -0.05) is 18.7 Å². The van der Waals surface area contributed by atoms with E-state index in [9.17, 15) is 9.59 Å². The molecule has 0 spiro atoms. The van der Waals surface area contributed by atoms with Crippen molar-refractivity contribution in [2.75, 3.05) is 0 Å². The van der Waals surface area contributed by atoms with Gasteiger partial charge < -0.3 is 18.9 Å². The lowest BCUT2D eigenvalue weighted by molar-refractivity contribution is -0.146. The predicted molar refractivity (Wildman–Crippen MR) is 73.4 cm³/mol. The molecule has 0 aromatic rings. The number of ether oxygens (including phenoxy) is 4. The summed E-state index contributed by atoms with van der Waals surface area (Å²) in [5, 5.41) is 0. The van der Waals surface area contributed by atoms with Gasteiger partial charge in [0.1, 0.15) is 36.6 Å². The van der Waals surface area contributed by atoms with Crippen molar-refractivity contribution in [1.29, 1.82) is 0 Å². The Labute approximate surface area is 123 Å². The Morgan fingerprint density at radius 1 is 1.05 bits per heavy atom. The second kappa shape index (κ2) is 6.41. The van der Waals surface area contributed by atoms with Gasteiger partial charge in [-0.3, -0.25) is 9.59 Å². The van der Waals surface area contributed by atoms with Gasteiger partial charge in [-0.25, -0.2) is 0 Å². The van der Waals surface area contributed by atoms with Crippen LogP contribution in [0.4, 0.5) is 0 Å². The van der Waals surface area contributed by atoms with Gasteiger partial charge in [0.25, 0.3) is 0 Å². The molecule has 6 atom stereocenters. The van der Waals surface area contributed by atoms with Crippen molar-refractivity contribution < 1.29 is 28.5 Å².